The summed E-state index contributed by atoms with van der Waals surface area (Å²) in [6.07, 6.45) is 2.37. The number of hydrogen-bond acceptors (Lipinski definition) is 3. The van der Waals surface area contributed by atoms with Gasteiger partial charge in [0.15, 0.2) is 0 Å². The van der Waals surface area contributed by atoms with Crippen LogP contribution >= 0.6 is 0 Å². The van der Waals surface area contributed by atoms with Crippen molar-refractivity contribution in [2.24, 2.45) is 11.7 Å². The summed E-state index contributed by atoms with van der Waals surface area (Å²) in [5.74, 6) is 1.80. The van der Waals surface area contributed by atoms with E-state index in [9.17, 15) is 0 Å². The minimum absolute atomic E-state index is 0.696. The van der Waals surface area contributed by atoms with Gasteiger partial charge in [-0.15, -0.1) is 0 Å². The Bertz CT molecular complexity index is 530. The lowest BCUT2D eigenvalue weighted by Crippen LogP contribution is -2.36. The van der Waals surface area contributed by atoms with Crippen LogP contribution in [0.25, 0.3) is 10.9 Å². The Labute approximate surface area is 108 Å². The Balaban J connectivity index is 1.82. The third-order valence-electron chi connectivity index (χ3n) is 3.86. The van der Waals surface area contributed by atoms with Crippen molar-refractivity contribution in [1.29, 1.82) is 0 Å². The number of fused-ring (bicyclic) bond motifs is 1. The van der Waals surface area contributed by atoms with Crippen LogP contribution < -0.4 is 10.6 Å². The molecule has 1 aliphatic rings. The van der Waals surface area contributed by atoms with Gasteiger partial charge in [-0.2, -0.15) is 0 Å². The molecule has 0 saturated carbocycles. The van der Waals surface area contributed by atoms with Crippen molar-refractivity contribution >= 4 is 16.7 Å². The van der Waals surface area contributed by atoms with Crippen molar-refractivity contribution in [3.63, 3.8) is 0 Å². The third-order valence-corrected chi connectivity index (χ3v) is 3.86. The molecule has 0 atom stereocenters. The smallest absolute Gasteiger partial charge is 0.129 e. The number of benzene rings is 1. The average Bonchev–Trinajstić information content (AvgIpc) is 2.47. The van der Waals surface area contributed by atoms with Crippen molar-refractivity contribution in [3.05, 3.63) is 36.4 Å². The molecule has 3 heteroatoms. The summed E-state index contributed by atoms with van der Waals surface area (Å²) in [7, 11) is 0. The summed E-state index contributed by atoms with van der Waals surface area (Å²) < 4.78 is 0. The Hall–Kier alpha value is -1.61. The summed E-state index contributed by atoms with van der Waals surface area (Å²) in [5.41, 5.74) is 6.81. The van der Waals surface area contributed by atoms with Crippen LogP contribution in [-0.2, 0) is 0 Å². The van der Waals surface area contributed by atoms with Gasteiger partial charge in [0.25, 0.3) is 0 Å². The molecule has 18 heavy (non-hydrogen) atoms. The number of nitrogens with two attached hydrogens (primary N) is 1. The third kappa shape index (κ3) is 2.18. The van der Waals surface area contributed by atoms with Gasteiger partial charge in [0.2, 0.25) is 0 Å². The highest BCUT2D eigenvalue weighted by molar-refractivity contribution is 5.80. The average molecular weight is 241 g/mol. The number of anilines is 1. The van der Waals surface area contributed by atoms with Crippen LogP contribution in [0.1, 0.15) is 12.8 Å². The molecule has 2 N–H and O–H groups in total. The van der Waals surface area contributed by atoms with Crippen molar-refractivity contribution < 1.29 is 0 Å². The van der Waals surface area contributed by atoms with Crippen LogP contribution in [0.3, 0.4) is 0 Å². The quantitative estimate of drug-likeness (QED) is 0.878. The van der Waals surface area contributed by atoms with Gasteiger partial charge < -0.3 is 10.6 Å². The minimum atomic E-state index is 0.696. The molecule has 0 bridgehead atoms. The zero-order chi connectivity index (χ0) is 12.4. The topological polar surface area (TPSA) is 42.1 Å². The summed E-state index contributed by atoms with van der Waals surface area (Å²) in [4.78, 5) is 7.12. The fourth-order valence-corrected chi connectivity index (χ4v) is 2.63. The zero-order valence-corrected chi connectivity index (χ0v) is 10.5. The lowest BCUT2D eigenvalue weighted by atomic mass is 9.97. The standard InChI is InChI=1S/C15H19N3/c16-11-12-7-9-18(10-8-12)15-6-5-13-3-1-2-4-14(13)17-15/h1-6,12H,7-11,16H2. The van der Waals surface area contributed by atoms with Gasteiger partial charge in [-0.3, -0.25) is 0 Å². The van der Waals surface area contributed by atoms with E-state index in [1.165, 1.54) is 18.2 Å². The fraction of sp³-hybridized carbons (Fsp3) is 0.400. The second-order valence-electron chi connectivity index (χ2n) is 5.03. The van der Waals surface area contributed by atoms with Crippen LogP contribution in [0.2, 0.25) is 0 Å². The Morgan fingerprint density at radius 2 is 1.89 bits per heavy atom. The highest BCUT2D eigenvalue weighted by Crippen LogP contribution is 2.23. The first kappa shape index (κ1) is 11.5. The maximum absolute atomic E-state index is 5.73. The first-order valence-corrected chi connectivity index (χ1v) is 6.67. The molecule has 2 heterocycles. The molecular formula is C15H19N3. The van der Waals surface area contributed by atoms with E-state index in [1.807, 2.05) is 6.07 Å². The van der Waals surface area contributed by atoms with E-state index in [1.54, 1.807) is 0 Å². The summed E-state index contributed by atoms with van der Waals surface area (Å²) in [5, 5.41) is 1.21. The molecule has 1 aromatic carbocycles. The van der Waals surface area contributed by atoms with Gasteiger partial charge in [0.05, 0.1) is 5.52 Å². The van der Waals surface area contributed by atoms with Crippen LogP contribution in [0.15, 0.2) is 36.4 Å². The van der Waals surface area contributed by atoms with Crippen LogP contribution in [0, 0.1) is 5.92 Å². The van der Waals surface area contributed by atoms with E-state index in [2.05, 4.69) is 35.2 Å². The predicted octanol–water partition coefficient (Wildman–Crippen LogP) is 2.41. The molecule has 0 radical (unpaired) electrons. The van der Waals surface area contributed by atoms with Gasteiger partial charge in [0.1, 0.15) is 5.82 Å². The number of para-hydroxylation sites is 1. The Morgan fingerprint density at radius 1 is 1.11 bits per heavy atom. The van der Waals surface area contributed by atoms with Crippen LogP contribution in [0.4, 0.5) is 5.82 Å². The van der Waals surface area contributed by atoms with E-state index in [-0.39, 0.29) is 0 Å². The second kappa shape index (κ2) is 4.94. The highest BCUT2D eigenvalue weighted by atomic mass is 15.2. The first-order chi connectivity index (χ1) is 8.86. The Morgan fingerprint density at radius 3 is 2.67 bits per heavy atom. The van der Waals surface area contributed by atoms with Gasteiger partial charge in [-0.05, 0) is 43.5 Å². The fourth-order valence-electron chi connectivity index (χ4n) is 2.63. The van der Waals surface area contributed by atoms with Crippen molar-refractivity contribution in [3.8, 4) is 0 Å². The highest BCUT2D eigenvalue weighted by Gasteiger charge is 2.18. The molecule has 2 aromatic rings. The molecule has 3 rings (SSSR count). The van der Waals surface area contributed by atoms with Gasteiger partial charge >= 0.3 is 0 Å². The predicted molar refractivity (Wildman–Crippen MR) is 75.7 cm³/mol. The lowest BCUT2D eigenvalue weighted by molar-refractivity contribution is 0.413. The second-order valence-corrected chi connectivity index (χ2v) is 5.03. The normalized spacial score (nSPS) is 17.3. The summed E-state index contributed by atoms with van der Waals surface area (Å²) in [6.45, 7) is 2.97. The number of hydrogen-bond donors (Lipinski definition) is 1. The first-order valence-electron chi connectivity index (χ1n) is 6.67. The molecule has 1 aliphatic heterocycles. The minimum Gasteiger partial charge on any atom is -0.357 e. The van der Waals surface area contributed by atoms with Gasteiger partial charge in [-0.1, -0.05) is 18.2 Å². The number of piperidine rings is 1. The van der Waals surface area contributed by atoms with Crippen molar-refractivity contribution in [2.75, 3.05) is 24.5 Å². The van der Waals surface area contributed by atoms with E-state index in [0.717, 1.165) is 31.0 Å². The molecular weight excluding hydrogens is 222 g/mol. The molecule has 0 amide bonds. The Kier molecular flexibility index (Phi) is 3.15. The SMILES string of the molecule is NCC1CCN(c2ccc3ccccc3n2)CC1. The number of nitrogens with zero attached hydrogens (tertiary/aromatic N) is 2. The van der Waals surface area contributed by atoms with Crippen LogP contribution in [-0.4, -0.2) is 24.6 Å². The van der Waals surface area contributed by atoms with Crippen LogP contribution in [0.5, 0.6) is 0 Å². The lowest BCUT2D eigenvalue weighted by Gasteiger charge is -2.32. The molecule has 3 nitrogen and oxygen atoms in total. The number of rotatable bonds is 2. The number of aromatic nitrogens is 1. The summed E-state index contributed by atoms with van der Waals surface area (Å²) >= 11 is 0. The van der Waals surface area contributed by atoms with E-state index in [4.69, 9.17) is 10.7 Å². The molecule has 0 unspecified atom stereocenters. The maximum Gasteiger partial charge on any atom is 0.129 e. The van der Waals surface area contributed by atoms with E-state index < -0.39 is 0 Å². The molecule has 1 fully saturated rings. The number of pyridine rings is 1. The van der Waals surface area contributed by atoms with Gasteiger partial charge in [-0.25, -0.2) is 4.98 Å². The zero-order valence-electron chi connectivity index (χ0n) is 10.5. The molecule has 94 valence electrons. The summed E-state index contributed by atoms with van der Waals surface area (Å²) in [6, 6.07) is 12.6. The maximum atomic E-state index is 5.73. The molecule has 1 aromatic heterocycles. The van der Waals surface area contributed by atoms with Crippen molar-refractivity contribution in [1.82, 2.24) is 4.98 Å². The van der Waals surface area contributed by atoms with Gasteiger partial charge in [0, 0.05) is 18.5 Å². The molecule has 1 saturated heterocycles. The monoisotopic (exact) mass is 241 g/mol. The van der Waals surface area contributed by atoms with Crippen molar-refractivity contribution in [2.45, 2.75) is 12.8 Å². The molecule has 0 aliphatic carbocycles. The van der Waals surface area contributed by atoms with E-state index >= 15 is 0 Å². The largest absolute Gasteiger partial charge is 0.357 e. The molecule has 0 spiro atoms. The van der Waals surface area contributed by atoms with E-state index in [0.29, 0.717) is 5.92 Å².